The minimum atomic E-state index is -0.496. The van der Waals surface area contributed by atoms with E-state index in [1.54, 1.807) is 6.07 Å². The molecular weight excluding hydrogens is 478 g/mol. The number of pyridine rings is 1. The monoisotopic (exact) mass is 505 g/mol. The van der Waals surface area contributed by atoms with Crippen LogP contribution in [0.1, 0.15) is 38.8 Å². The molecule has 0 saturated heterocycles. The van der Waals surface area contributed by atoms with Gasteiger partial charge in [-0.1, -0.05) is 48.0 Å². The predicted molar refractivity (Wildman–Crippen MR) is 140 cm³/mol. The summed E-state index contributed by atoms with van der Waals surface area (Å²) in [6, 6.07) is 17.4. The number of hydrogen-bond acceptors (Lipinski definition) is 5. The first-order chi connectivity index (χ1) is 17.1. The number of aromatic nitrogens is 3. The number of halogens is 1. The van der Waals surface area contributed by atoms with Crippen LogP contribution < -0.4 is 15.4 Å². The Labute approximate surface area is 214 Å². The van der Waals surface area contributed by atoms with Crippen molar-refractivity contribution < 1.29 is 14.3 Å². The van der Waals surface area contributed by atoms with Crippen LogP contribution in [0.25, 0.3) is 22.4 Å². The molecule has 0 spiro atoms. The molecule has 4 aromatic rings. The molecule has 2 aromatic carbocycles. The molecule has 2 heterocycles. The van der Waals surface area contributed by atoms with Crippen LogP contribution in [0, 0.1) is 0 Å². The topological polar surface area (TPSA) is 109 Å². The number of nitrogens with one attached hydrogen (secondary N) is 3. The van der Waals surface area contributed by atoms with Crippen molar-refractivity contribution in [1.29, 1.82) is 0 Å². The summed E-state index contributed by atoms with van der Waals surface area (Å²) in [4.78, 5) is 34.7. The lowest BCUT2D eigenvalue weighted by Crippen LogP contribution is -2.39. The van der Waals surface area contributed by atoms with Gasteiger partial charge in [-0.2, -0.15) is 4.98 Å². The minimum absolute atomic E-state index is 0.0406. The molecule has 2 aromatic heterocycles. The van der Waals surface area contributed by atoms with E-state index in [9.17, 15) is 9.59 Å². The van der Waals surface area contributed by atoms with Crippen LogP contribution in [-0.2, 0) is 21.5 Å². The van der Waals surface area contributed by atoms with Gasteiger partial charge in [0, 0.05) is 26.0 Å². The Balaban J connectivity index is 1.50. The molecule has 0 radical (unpaired) electrons. The molecule has 4 rings (SSSR count). The third-order valence-electron chi connectivity index (χ3n) is 5.70. The number of ether oxygens (including phenoxy) is 1. The number of benzene rings is 2. The van der Waals surface area contributed by atoms with E-state index >= 15 is 0 Å². The SMILES string of the molecule is CC(=O)NCCc1ccc(-c2nc3nc(Oc4ccc(C(C)(C)NC(C)=O)cc4)[nH]c3cc2Cl)cc1. The van der Waals surface area contributed by atoms with Crippen molar-refractivity contribution in [1.82, 2.24) is 25.6 Å². The standard InChI is InChI=1S/C27H28ClN5O3/c1-16(34)29-14-13-18-5-7-19(8-6-18)24-22(28)15-23-25(31-24)32-26(30-23)36-21-11-9-20(10-12-21)27(3,4)33-17(2)35/h5-12,15H,13-14H2,1-4H3,(H,29,34)(H,33,35)(H,30,31,32). The summed E-state index contributed by atoms with van der Waals surface area (Å²) in [5, 5.41) is 6.22. The zero-order valence-electron chi connectivity index (χ0n) is 20.6. The molecule has 0 bridgehead atoms. The first-order valence-corrected chi connectivity index (χ1v) is 12.0. The fraction of sp³-hybridized carbons (Fsp3) is 0.259. The van der Waals surface area contributed by atoms with Crippen LogP contribution in [0.5, 0.6) is 11.8 Å². The van der Waals surface area contributed by atoms with Crippen LogP contribution in [0.4, 0.5) is 0 Å². The van der Waals surface area contributed by atoms with Crippen molar-refractivity contribution in [3.8, 4) is 23.0 Å². The highest BCUT2D eigenvalue weighted by atomic mass is 35.5. The van der Waals surface area contributed by atoms with Crippen LogP contribution in [-0.4, -0.2) is 33.3 Å². The third-order valence-corrected chi connectivity index (χ3v) is 5.99. The summed E-state index contributed by atoms with van der Waals surface area (Å²) in [6.45, 7) is 7.47. The van der Waals surface area contributed by atoms with E-state index in [1.165, 1.54) is 13.8 Å². The van der Waals surface area contributed by atoms with Crippen molar-refractivity contribution in [3.63, 3.8) is 0 Å². The summed E-state index contributed by atoms with van der Waals surface area (Å²) < 4.78 is 5.90. The Morgan fingerprint density at radius 2 is 1.69 bits per heavy atom. The Morgan fingerprint density at radius 1 is 1.00 bits per heavy atom. The number of rotatable bonds is 8. The lowest BCUT2D eigenvalue weighted by atomic mass is 9.94. The molecule has 9 heteroatoms. The van der Waals surface area contributed by atoms with Crippen molar-refractivity contribution >= 4 is 34.6 Å². The van der Waals surface area contributed by atoms with E-state index in [0.717, 1.165) is 23.1 Å². The van der Waals surface area contributed by atoms with Gasteiger partial charge in [0.25, 0.3) is 0 Å². The minimum Gasteiger partial charge on any atom is -0.426 e. The number of imidazole rings is 1. The summed E-state index contributed by atoms with van der Waals surface area (Å²) in [7, 11) is 0. The molecule has 0 aliphatic heterocycles. The molecule has 3 N–H and O–H groups in total. The van der Waals surface area contributed by atoms with E-state index in [0.29, 0.717) is 40.2 Å². The predicted octanol–water partition coefficient (Wildman–Crippen LogP) is 5.12. The first kappa shape index (κ1) is 25.2. The first-order valence-electron chi connectivity index (χ1n) is 11.6. The van der Waals surface area contributed by atoms with E-state index in [4.69, 9.17) is 16.3 Å². The Kier molecular flexibility index (Phi) is 7.26. The van der Waals surface area contributed by atoms with Gasteiger partial charge in [0.2, 0.25) is 11.8 Å². The number of aromatic amines is 1. The Morgan fingerprint density at radius 3 is 2.33 bits per heavy atom. The lowest BCUT2D eigenvalue weighted by molar-refractivity contribution is -0.121. The Bertz CT molecular complexity index is 1400. The average molecular weight is 506 g/mol. The van der Waals surface area contributed by atoms with Gasteiger partial charge >= 0.3 is 6.01 Å². The zero-order valence-corrected chi connectivity index (χ0v) is 21.4. The van der Waals surface area contributed by atoms with Crippen LogP contribution in [0.15, 0.2) is 54.6 Å². The molecule has 186 valence electrons. The van der Waals surface area contributed by atoms with Crippen LogP contribution in [0.3, 0.4) is 0 Å². The fourth-order valence-electron chi connectivity index (χ4n) is 3.92. The smallest absolute Gasteiger partial charge is 0.301 e. The molecule has 0 saturated carbocycles. The zero-order chi connectivity index (χ0) is 25.9. The van der Waals surface area contributed by atoms with Crippen molar-refractivity contribution in [3.05, 3.63) is 70.7 Å². The van der Waals surface area contributed by atoms with Gasteiger partial charge in [-0.25, -0.2) is 4.98 Å². The molecule has 36 heavy (non-hydrogen) atoms. The second-order valence-electron chi connectivity index (χ2n) is 9.09. The third kappa shape index (κ3) is 6.01. The normalized spacial score (nSPS) is 11.4. The molecule has 0 aliphatic rings. The summed E-state index contributed by atoms with van der Waals surface area (Å²) in [5.74, 6) is 0.463. The van der Waals surface area contributed by atoms with Gasteiger partial charge in [-0.05, 0) is 49.6 Å². The molecule has 0 aliphatic carbocycles. The molecule has 0 fully saturated rings. The van der Waals surface area contributed by atoms with Gasteiger partial charge in [0.1, 0.15) is 5.75 Å². The molecule has 8 nitrogen and oxygen atoms in total. The van der Waals surface area contributed by atoms with Crippen molar-refractivity contribution in [2.24, 2.45) is 0 Å². The number of carbonyl (C=O) groups excluding carboxylic acids is 2. The fourth-order valence-corrected chi connectivity index (χ4v) is 4.18. The quantitative estimate of drug-likeness (QED) is 0.308. The second kappa shape index (κ2) is 10.4. The lowest BCUT2D eigenvalue weighted by Gasteiger charge is -2.26. The highest BCUT2D eigenvalue weighted by Crippen LogP contribution is 2.31. The summed E-state index contributed by atoms with van der Waals surface area (Å²) in [6.07, 6.45) is 0.742. The molecule has 2 amide bonds. The highest BCUT2D eigenvalue weighted by Gasteiger charge is 2.21. The number of H-pyrrole nitrogens is 1. The maximum atomic E-state index is 11.5. The van der Waals surface area contributed by atoms with Gasteiger partial charge in [-0.15, -0.1) is 0 Å². The molecular formula is C27H28ClN5O3. The van der Waals surface area contributed by atoms with Gasteiger partial charge in [0.15, 0.2) is 5.65 Å². The molecule has 0 atom stereocenters. The van der Waals surface area contributed by atoms with E-state index in [2.05, 4.69) is 25.6 Å². The summed E-state index contributed by atoms with van der Waals surface area (Å²) >= 11 is 6.53. The van der Waals surface area contributed by atoms with Gasteiger partial charge in [0.05, 0.1) is 21.8 Å². The maximum absolute atomic E-state index is 11.5. The number of amides is 2. The van der Waals surface area contributed by atoms with Crippen LogP contribution >= 0.6 is 11.6 Å². The number of hydrogen-bond donors (Lipinski definition) is 3. The van der Waals surface area contributed by atoms with E-state index in [-0.39, 0.29) is 11.8 Å². The maximum Gasteiger partial charge on any atom is 0.301 e. The van der Waals surface area contributed by atoms with Gasteiger partial charge in [-0.3, -0.25) is 9.59 Å². The average Bonchev–Trinajstić information content (AvgIpc) is 3.19. The van der Waals surface area contributed by atoms with Crippen molar-refractivity contribution in [2.75, 3.05) is 6.54 Å². The highest BCUT2D eigenvalue weighted by molar-refractivity contribution is 6.33. The number of nitrogens with zero attached hydrogens (tertiary/aromatic N) is 2. The van der Waals surface area contributed by atoms with Crippen LogP contribution in [0.2, 0.25) is 5.02 Å². The largest absolute Gasteiger partial charge is 0.426 e. The second-order valence-corrected chi connectivity index (χ2v) is 9.50. The van der Waals surface area contributed by atoms with E-state index < -0.39 is 5.54 Å². The van der Waals surface area contributed by atoms with Gasteiger partial charge < -0.3 is 20.4 Å². The number of fused-ring (bicyclic) bond motifs is 1. The Hall–Kier alpha value is -3.91. The number of carbonyl (C=O) groups is 2. The molecule has 0 unspecified atom stereocenters. The van der Waals surface area contributed by atoms with Crippen molar-refractivity contribution in [2.45, 2.75) is 39.7 Å². The summed E-state index contributed by atoms with van der Waals surface area (Å²) in [5.41, 5.74) is 4.20. The van der Waals surface area contributed by atoms with E-state index in [1.807, 2.05) is 62.4 Å².